The summed E-state index contributed by atoms with van der Waals surface area (Å²) in [6.07, 6.45) is 5.58. The Morgan fingerprint density at radius 3 is 2.43 bits per heavy atom. The summed E-state index contributed by atoms with van der Waals surface area (Å²) in [5.74, 6) is 0.818. The number of aliphatic hydroxyl groups is 1. The number of halogens is 1. The lowest BCUT2D eigenvalue weighted by Crippen LogP contribution is -2.44. The molecule has 1 aromatic heterocycles. The highest BCUT2D eigenvalue weighted by atomic mass is 19.1. The monoisotopic (exact) mass is 512 g/mol. The summed E-state index contributed by atoms with van der Waals surface area (Å²) in [6.45, 7) is 7.53. The van der Waals surface area contributed by atoms with Crippen molar-refractivity contribution in [3.05, 3.63) is 48.2 Å². The molecule has 7 nitrogen and oxygen atoms in total. The van der Waals surface area contributed by atoms with Crippen molar-refractivity contribution >= 4 is 5.91 Å². The number of carbonyl (C=O) groups is 1. The molecule has 0 radical (unpaired) electrons. The molecule has 0 aliphatic carbocycles. The van der Waals surface area contributed by atoms with Gasteiger partial charge in [0.15, 0.2) is 0 Å². The molecule has 2 aromatic rings. The van der Waals surface area contributed by atoms with Crippen molar-refractivity contribution in [2.75, 3.05) is 32.8 Å². The van der Waals surface area contributed by atoms with Crippen LogP contribution in [0.3, 0.4) is 0 Å². The minimum Gasteiger partial charge on any atom is -0.492 e. The quantitative estimate of drug-likeness (QED) is 0.466. The first-order chi connectivity index (χ1) is 17.8. The molecule has 2 unspecified atom stereocenters. The third-order valence-corrected chi connectivity index (χ3v) is 8.14. The summed E-state index contributed by atoms with van der Waals surface area (Å²) in [6, 6.07) is 11.0. The van der Waals surface area contributed by atoms with E-state index in [1.807, 2.05) is 50.2 Å². The molecule has 3 N–H and O–H groups in total. The molecule has 0 bridgehead atoms. The smallest absolute Gasteiger partial charge is 0.234 e. The molecule has 2 fully saturated rings. The van der Waals surface area contributed by atoms with Crippen molar-refractivity contribution in [1.82, 2.24) is 14.8 Å². The largest absolute Gasteiger partial charge is 0.492 e. The van der Waals surface area contributed by atoms with Gasteiger partial charge in [0.25, 0.3) is 0 Å². The Morgan fingerprint density at radius 1 is 1.14 bits per heavy atom. The predicted octanol–water partition coefficient (Wildman–Crippen LogP) is 4.31. The number of hydrogen-bond acceptors (Lipinski definition) is 6. The van der Waals surface area contributed by atoms with E-state index < -0.39 is 23.8 Å². The molecule has 0 saturated carbocycles. The van der Waals surface area contributed by atoms with Gasteiger partial charge in [-0.05, 0) is 75.2 Å². The summed E-state index contributed by atoms with van der Waals surface area (Å²) in [7, 11) is 0. The number of primary amides is 1. The van der Waals surface area contributed by atoms with E-state index in [0.717, 1.165) is 54.9 Å². The molecule has 3 heterocycles. The lowest BCUT2D eigenvalue weighted by atomic mass is 9.94. The number of piperidine rings is 1. The zero-order valence-electron chi connectivity index (χ0n) is 22.1. The number of aromatic nitrogens is 1. The molecule has 0 spiro atoms. The van der Waals surface area contributed by atoms with Crippen LogP contribution in [0.15, 0.2) is 42.6 Å². The van der Waals surface area contributed by atoms with E-state index >= 15 is 0 Å². The summed E-state index contributed by atoms with van der Waals surface area (Å²) >= 11 is 0. The number of aliphatic hydroxyl groups excluding tert-OH is 1. The highest BCUT2D eigenvalue weighted by Crippen LogP contribution is 2.30. The van der Waals surface area contributed by atoms with Gasteiger partial charge in [-0.15, -0.1) is 0 Å². The number of likely N-dealkylation sites (tertiary alicyclic amines) is 2. The van der Waals surface area contributed by atoms with E-state index in [2.05, 4.69) is 9.88 Å². The predicted molar refractivity (Wildman–Crippen MR) is 143 cm³/mol. The van der Waals surface area contributed by atoms with Gasteiger partial charge in [0.2, 0.25) is 5.91 Å². The van der Waals surface area contributed by atoms with Crippen LogP contribution in [0.5, 0.6) is 5.75 Å². The van der Waals surface area contributed by atoms with Gasteiger partial charge in [-0.2, -0.15) is 0 Å². The van der Waals surface area contributed by atoms with E-state index in [1.165, 1.54) is 0 Å². The van der Waals surface area contributed by atoms with Crippen molar-refractivity contribution in [3.63, 3.8) is 0 Å². The third kappa shape index (κ3) is 6.86. The molecular formula is C29H41FN4O3. The molecule has 2 atom stereocenters. The summed E-state index contributed by atoms with van der Waals surface area (Å²) in [5.41, 5.74) is 6.90. The number of alkyl halides is 1. The summed E-state index contributed by atoms with van der Waals surface area (Å²) in [5, 5.41) is 10.8. The van der Waals surface area contributed by atoms with Crippen molar-refractivity contribution in [1.29, 1.82) is 0 Å². The van der Waals surface area contributed by atoms with E-state index in [0.29, 0.717) is 44.9 Å². The van der Waals surface area contributed by atoms with Crippen molar-refractivity contribution in [2.24, 2.45) is 11.7 Å². The first kappa shape index (κ1) is 27.5. The van der Waals surface area contributed by atoms with Gasteiger partial charge in [0.05, 0.1) is 24.5 Å². The lowest BCUT2D eigenvalue weighted by molar-refractivity contribution is -0.126. The molecule has 37 heavy (non-hydrogen) atoms. The zero-order chi connectivity index (χ0) is 26.4. The molecule has 8 heteroatoms. The first-order valence-corrected chi connectivity index (χ1v) is 13.7. The van der Waals surface area contributed by atoms with Crippen molar-refractivity contribution in [2.45, 2.75) is 70.3 Å². The van der Waals surface area contributed by atoms with Gasteiger partial charge in [-0.3, -0.25) is 14.7 Å². The third-order valence-electron chi connectivity index (χ3n) is 8.14. The topological polar surface area (TPSA) is 91.9 Å². The van der Waals surface area contributed by atoms with E-state index in [1.54, 1.807) is 11.1 Å². The van der Waals surface area contributed by atoms with E-state index in [-0.39, 0.29) is 0 Å². The number of pyridine rings is 1. The van der Waals surface area contributed by atoms with Gasteiger partial charge in [-0.25, -0.2) is 4.39 Å². The Balaban J connectivity index is 1.26. The standard InChI is InChI=1S/C29H41FN4O3/c1-3-29(30,4-2)20-33-16-13-21(14-17-33)19-37-24-11-12-25(32-18-24)22-7-9-23(10-8-22)28(36)34-15-5-6-26(34)27(31)35/h7-12,18,21,26,28,36H,3-6,13-17,19-20H2,1-2H3,(H2,31,35). The van der Waals surface area contributed by atoms with Crippen LogP contribution in [-0.4, -0.2) is 70.3 Å². The minimum atomic E-state index is -1.07. The number of nitrogens with zero attached hydrogens (tertiary/aromatic N) is 3. The number of hydrogen-bond donors (Lipinski definition) is 2. The normalized spacial score (nSPS) is 20.7. The maximum Gasteiger partial charge on any atom is 0.234 e. The Morgan fingerprint density at radius 2 is 1.84 bits per heavy atom. The van der Waals surface area contributed by atoms with Crippen LogP contribution in [0.4, 0.5) is 4.39 Å². The van der Waals surface area contributed by atoms with Gasteiger partial charge in [-0.1, -0.05) is 38.1 Å². The van der Waals surface area contributed by atoms with Gasteiger partial charge < -0.3 is 20.5 Å². The number of amides is 1. The van der Waals surface area contributed by atoms with Crippen molar-refractivity contribution < 1.29 is 19.0 Å². The van der Waals surface area contributed by atoms with Crippen LogP contribution in [0, 0.1) is 5.92 Å². The second-order valence-corrected chi connectivity index (χ2v) is 10.6. The van der Waals surface area contributed by atoms with Crippen LogP contribution in [0.2, 0.25) is 0 Å². The van der Waals surface area contributed by atoms with E-state index in [9.17, 15) is 14.3 Å². The Kier molecular flexibility index (Phi) is 9.16. The highest BCUT2D eigenvalue weighted by molar-refractivity contribution is 5.80. The molecule has 1 amide bonds. The molecule has 1 aromatic carbocycles. The first-order valence-electron chi connectivity index (χ1n) is 13.7. The molecule has 2 aliphatic heterocycles. The number of carbonyl (C=O) groups excluding carboxylic acids is 1. The number of rotatable bonds is 11. The highest BCUT2D eigenvalue weighted by Gasteiger charge is 2.34. The maximum absolute atomic E-state index is 14.7. The lowest BCUT2D eigenvalue weighted by Gasteiger charge is -2.36. The van der Waals surface area contributed by atoms with E-state index in [4.69, 9.17) is 10.5 Å². The number of ether oxygens (including phenoxy) is 1. The summed E-state index contributed by atoms with van der Waals surface area (Å²) in [4.78, 5) is 20.2. The van der Waals surface area contributed by atoms with Crippen LogP contribution in [0.1, 0.15) is 64.2 Å². The molecule has 4 rings (SSSR count). The van der Waals surface area contributed by atoms with Gasteiger partial charge in [0.1, 0.15) is 17.6 Å². The Bertz CT molecular complexity index is 1000. The second-order valence-electron chi connectivity index (χ2n) is 10.6. The molecule has 2 saturated heterocycles. The fourth-order valence-corrected chi connectivity index (χ4v) is 5.44. The SMILES string of the molecule is CCC(F)(CC)CN1CCC(COc2ccc(-c3ccc(C(O)N4CCCC4C(N)=O)cc3)nc2)CC1. The van der Waals surface area contributed by atoms with Gasteiger partial charge >= 0.3 is 0 Å². The second kappa shape index (κ2) is 12.3. The Labute approximate surface area is 219 Å². The average molecular weight is 513 g/mol. The number of nitrogens with two attached hydrogens (primary N) is 1. The fraction of sp³-hybridized carbons (Fsp3) is 0.586. The van der Waals surface area contributed by atoms with Crippen LogP contribution >= 0.6 is 0 Å². The molecule has 2 aliphatic rings. The summed E-state index contributed by atoms with van der Waals surface area (Å²) < 4.78 is 20.7. The zero-order valence-corrected chi connectivity index (χ0v) is 22.1. The fourth-order valence-electron chi connectivity index (χ4n) is 5.44. The average Bonchev–Trinajstić information content (AvgIpc) is 3.43. The van der Waals surface area contributed by atoms with Gasteiger partial charge in [0, 0.05) is 18.7 Å². The maximum atomic E-state index is 14.7. The molecular weight excluding hydrogens is 471 g/mol. The van der Waals surface area contributed by atoms with Crippen LogP contribution in [-0.2, 0) is 4.79 Å². The Hall–Kier alpha value is -2.55. The molecule has 202 valence electrons. The number of benzene rings is 1. The van der Waals surface area contributed by atoms with Crippen LogP contribution in [0.25, 0.3) is 11.3 Å². The van der Waals surface area contributed by atoms with Crippen LogP contribution < -0.4 is 10.5 Å². The van der Waals surface area contributed by atoms with Crippen molar-refractivity contribution in [3.8, 4) is 17.0 Å². The minimum absolute atomic E-state index is 0.392.